The van der Waals surface area contributed by atoms with E-state index in [2.05, 4.69) is 20.3 Å². The number of thiazole rings is 1. The van der Waals surface area contributed by atoms with E-state index in [0.29, 0.717) is 22.4 Å². The predicted molar refractivity (Wildman–Crippen MR) is 114 cm³/mol. The third-order valence-electron chi connectivity index (χ3n) is 4.35. The summed E-state index contributed by atoms with van der Waals surface area (Å²) in [6, 6.07) is 14.6. The lowest BCUT2D eigenvalue weighted by Crippen LogP contribution is -2.14. The number of carbonyl (C=O) groups is 1. The molecule has 1 aromatic carbocycles. The van der Waals surface area contributed by atoms with Gasteiger partial charge >= 0.3 is 0 Å². The molecule has 1 amide bonds. The standard InChI is InChI=1S/C22H14FN5O2S/c1-30-18-9-3-8-16(26-18)17-12-31-22(27-17)28-21(29)15-7-4-10-25-20(15)14-6-2-5-13(11-24)19(14)23/h2-10,12H,1H3,(H,27,28,29). The fourth-order valence-corrected chi connectivity index (χ4v) is 3.59. The second kappa shape index (κ2) is 8.69. The van der Waals surface area contributed by atoms with E-state index >= 15 is 0 Å². The average Bonchev–Trinajstić information content (AvgIpc) is 3.28. The summed E-state index contributed by atoms with van der Waals surface area (Å²) in [4.78, 5) is 25.8. The van der Waals surface area contributed by atoms with Gasteiger partial charge < -0.3 is 4.74 Å². The van der Waals surface area contributed by atoms with E-state index in [9.17, 15) is 9.18 Å². The highest BCUT2D eigenvalue weighted by atomic mass is 32.1. The number of anilines is 1. The highest BCUT2D eigenvalue weighted by molar-refractivity contribution is 7.14. The number of hydrogen-bond donors (Lipinski definition) is 1. The molecule has 0 fully saturated rings. The average molecular weight is 431 g/mol. The predicted octanol–water partition coefficient (Wildman–Crippen LogP) is 4.54. The molecule has 9 heteroatoms. The third-order valence-corrected chi connectivity index (χ3v) is 5.10. The minimum absolute atomic E-state index is 0.0743. The van der Waals surface area contributed by atoms with Crippen LogP contribution in [0.2, 0.25) is 0 Å². The number of nitriles is 1. The fraction of sp³-hybridized carbons (Fsp3) is 0.0455. The minimum Gasteiger partial charge on any atom is -0.481 e. The van der Waals surface area contributed by atoms with Gasteiger partial charge in [-0.05, 0) is 30.3 Å². The molecule has 0 aliphatic rings. The summed E-state index contributed by atoms with van der Waals surface area (Å²) in [5.74, 6) is -0.763. The van der Waals surface area contributed by atoms with Crippen LogP contribution in [0.1, 0.15) is 15.9 Å². The molecule has 0 aliphatic heterocycles. The molecule has 4 rings (SSSR count). The number of aromatic nitrogens is 3. The van der Waals surface area contributed by atoms with Crippen LogP contribution in [0.5, 0.6) is 5.88 Å². The Morgan fingerprint density at radius 2 is 1.97 bits per heavy atom. The van der Waals surface area contributed by atoms with Gasteiger partial charge in [-0.25, -0.2) is 14.4 Å². The lowest BCUT2D eigenvalue weighted by atomic mass is 10.0. The Hall–Kier alpha value is -4.16. The van der Waals surface area contributed by atoms with Crippen LogP contribution in [0.15, 0.2) is 60.1 Å². The van der Waals surface area contributed by atoms with Crippen LogP contribution in [-0.2, 0) is 0 Å². The normalized spacial score (nSPS) is 10.4. The maximum absolute atomic E-state index is 14.7. The van der Waals surface area contributed by atoms with Gasteiger partial charge in [-0.3, -0.25) is 15.1 Å². The third kappa shape index (κ3) is 4.10. The van der Waals surface area contributed by atoms with Crippen LogP contribution in [-0.4, -0.2) is 28.0 Å². The number of pyridine rings is 2. The van der Waals surface area contributed by atoms with Crippen LogP contribution >= 0.6 is 11.3 Å². The first kappa shape index (κ1) is 20.1. The molecule has 31 heavy (non-hydrogen) atoms. The lowest BCUT2D eigenvalue weighted by Gasteiger charge is -2.09. The van der Waals surface area contributed by atoms with E-state index in [-0.39, 0.29) is 22.4 Å². The fourth-order valence-electron chi connectivity index (χ4n) is 2.89. The van der Waals surface area contributed by atoms with Crippen molar-refractivity contribution in [2.75, 3.05) is 12.4 Å². The number of nitrogens with one attached hydrogen (secondary N) is 1. The molecule has 3 heterocycles. The number of halogens is 1. The van der Waals surface area contributed by atoms with Crippen molar-refractivity contribution >= 4 is 22.4 Å². The first-order valence-electron chi connectivity index (χ1n) is 9.03. The van der Waals surface area contributed by atoms with Gasteiger partial charge in [0.25, 0.3) is 5.91 Å². The summed E-state index contributed by atoms with van der Waals surface area (Å²) in [7, 11) is 1.53. The maximum atomic E-state index is 14.7. The minimum atomic E-state index is -0.724. The summed E-state index contributed by atoms with van der Waals surface area (Å²) in [6.45, 7) is 0. The Morgan fingerprint density at radius 3 is 2.77 bits per heavy atom. The summed E-state index contributed by atoms with van der Waals surface area (Å²) >= 11 is 1.23. The number of amides is 1. The first-order chi connectivity index (χ1) is 15.1. The van der Waals surface area contributed by atoms with Crippen LogP contribution < -0.4 is 10.1 Å². The summed E-state index contributed by atoms with van der Waals surface area (Å²) in [5.41, 5.74) is 1.44. The van der Waals surface area contributed by atoms with Gasteiger partial charge in [-0.2, -0.15) is 5.26 Å². The zero-order valence-electron chi connectivity index (χ0n) is 16.2. The van der Waals surface area contributed by atoms with Gasteiger partial charge in [0.2, 0.25) is 5.88 Å². The van der Waals surface area contributed by atoms with Gasteiger partial charge in [-0.15, -0.1) is 11.3 Å². The monoisotopic (exact) mass is 431 g/mol. The van der Waals surface area contributed by atoms with Crippen molar-refractivity contribution in [1.29, 1.82) is 5.26 Å². The van der Waals surface area contributed by atoms with Gasteiger partial charge in [0, 0.05) is 23.2 Å². The molecule has 0 radical (unpaired) electrons. The van der Waals surface area contributed by atoms with Gasteiger partial charge in [0.05, 0.1) is 29.6 Å². The van der Waals surface area contributed by atoms with E-state index in [1.54, 1.807) is 41.8 Å². The lowest BCUT2D eigenvalue weighted by molar-refractivity contribution is 0.102. The van der Waals surface area contributed by atoms with Crippen LogP contribution in [0.25, 0.3) is 22.6 Å². The molecule has 0 saturated heterocycles. The quantitative estimate of drug-likeness (QED) is 0.498. The zero-order valence-corrected chi connectivity index (χ0v) is 17.0. The Balaban J connectivity index is 1.63. The molecule has 0 aliphatic carbocycles. The van der Waals surface area contributed by atoms with Crippen LogP contribution in [0.4, 0.5) is 9.52 Å². The van der Waals surface area contributed by atoms with E-state index < -0.39 is 11.7 Å². The Morgan fingerprint density at radius 1 is 1.13 bits per heavy atom. The molecule has 0 spiro atoms. The van der Waals surface area contributed by atoms with Crippen molar-refractivity contribution in [3.05, 3.63) is 77.1 Å². The molecule has 0 unspecified atom stereocenters. The number of rotatable bonds is 5. The molecule has 0 bridgehead atoms. The van der Waals surface area contributed by atoms with Crippen molar-refractivity contribution in [1.82, 2.24) is 15.0 Å². The van der Waals surface area contributed by atoms with Crippen LogP contribution in [0.3, 0.4) is 0 Å². The van der Waals surface area contributed by atoms with Gasteiger partial charge in [0.1, 0.15) is 17.6 Å². The largest absolute Gasteiger partial charge is 0.481 e. The molecule has 0 saturated carbocycles. The number of benzene rings is 1. The highest BCUT2D eigenvalue weighted by Gasteiger charge is 2.19. The van der Waals surface area contributed by atoms with E-state index in [4.69, 9.17) is 10.00 Å². The summed E-state index contributed by atoms with van der Waals surface area (Å²) in [5, 5.41) is 13.9. The summed E-state index contributed by atoms with van der Waals surface area (Å²) in [6.07, 6.45) is 1.46. The van der Waals surface area contributed by atoms with Crippen molar-refractivity contribution in [3.8, 4) is 34.6 Å². The zero-order chi connectivity index (χ0) is 21.8. The number of methoxy groups -OCH3 is 1. The smallest absolute Gasteiger partial charge is 0.259 e. The van der Waals surface area contributed by atoms with Crippen LogP contribution in [0, 0.1) is 17.1 Å². The molecule has 1 N–H and O–H groups in total. The molecule has 7 nitrogen and oxygen atoms in total. The highest BCUT2D eigenvalue weighted by Crippen LogP contribution is 2.28. The number of hydrogen-bond acceptors (Lipinski definition) is 7. The van der Waals surface area contributed by atoms with Crippen molar-refractivity contribution in [2.24, 2.45) is 0 Å². The van der Waals surface area contributed by atoms with Gasteiger partial charge in [0.15, 0.2) is 5.13 Å². The number of nitrogens with zero attached hydrogens (tertiary/aromatic N) is 4. The second-order valence-corrected chi connectivity index (χ2v) is 7.09. The van der Waals surface area contributed by atoms with Gasteiger partial charge in [-0.1, -0.05) is 12.1 Å². The SMILES string of the molecule is COc1cccc(-c2csc(NC(=O)c3cccnc3-c3cccc(C#N)c3F)n2)n1. The topological polar surface area (TPSA) is 101 Å². The maximum Gasteiger partial charge on any atom is 0.259 e. The first-order valence-corrected chi connectivity index (χ1v) is 9.91. The summed E-state index contributed by atoms with van der Waals surface area (Å²) < 4.78 is 19.8. The molecular weight excluding hydrogens is 417 g/mol. The van der Waals surface area contributed by atoms with E-state index in [1.165, 1.54) is 42.8 Å². The molecule has 0 atom stereocenters. The second-order valence-electron chi connectivity index (χ2n) is 6.24. The Bertz CT molecular complexity index is 1320. The van der Waals surface area contributed by atoms with Crippen molar-refractivity contribution < 1.29 is 13.9 Å². The number of carbonyl (C=O) groups excluding carboxylic acids is 1. The molecular formula is C22H14FN5O2S. The van der Waals surface area contributed by atoms with E-state index in [1.807, 2.05) is 0 Å². The molecule has 152 valence electrons. The van der Waals surface area contributed by atoms with Crippen molar-refractivity contribution in [3.63, 3.8) is 0 Å². The van der Waals surface area contributed by atoms with Crippen molar-refractivity contribution in [2.45, 2.75) is 0 Å². The Kier molecular flexibility index (Phi) is 5.64. The Labute approximate surface area is 180 Å². The molecule has 3 aromatic heterocycles. The number of ether oxygens (including phenoxy) is 1. The molecule has 4 aromatic rings. The van der Waals surface area contributed by atoms with E-state index in [0.717, 1.165) is 0 Å².